The van der Waals surface area contributed by atoms with Crippen LogP contribution in [0.2, 0.25) is 0 Å². The smallest absolute Gasteiger partial charge is 0.290 e. The second-order valence-corrected chi connectivity index (χ2v) is 5.79. The highest BCUT2D eigenvalue weighted by atomic mass is 32.2. The molecule has 1 N–H and O–H groups in total. The number of halogens is 2. The Balaban J connectivity index is 2.38. The van der Waals surface area contributed by atoms with Crippen LogP contribution in [0.15, 0.2) is 23.4 Å². The van der Waals surface area contributed by atoms with E-state index in [1.807, 2.05) is 0 Å². The van der Waals surface area contributed by atoms with Crippen LogP contribution in [0.5, 0.6) is 0 Å². The van der Waals surface area contributed by atoms with Crippen molar-refractivity contribution in [1.82, 2.24) is 10.3 Å². The van der Waals surface area contributed by atoms with Crippen LogP contribution in [-0.2, 0) is 4.74 Å². The molecule has 7 heteroatoms. The van der Waals surface area contributed by atoms with Crippen LogP contribution < -0.4 is 5.32 Å². The maximum atomic E-state index is 12.4. The molecule has 0 aliphatic heterocycles. The summed E-state index contributed by atoms with van der Waals surface area (Å²) in [6, 6.07) is 3.04. The number of amides is 1. The lowest BCUT2D eigenvalue weighted by Crippen LogP contribution is -2.26. The zero-order valence-corrected chi connectivity index (χ0v) is 13.0. The fourth-order valence-electron chi connectivity index (χ4n) is 1.53. The highest BCUT2D eigenvalue weighted by Gasteiger charge is 2.16. The van der Waals surface area contributed by atoms with Gasteiger partial charge in [-0.1, -0.05) is 13.8 Å². The van der Waals surface area contributed by atoms with Gasteiger partial charge in [-0.2, -0.15) is 8.78 Å². The summed E-state index contributed by atoms with van der Waals surface area (Å²) in [6.45, 7) is 5.80. The second-order valence-electron chi connectivity index (χ2n) is 4.81. The first-order valence-electron chi connectivity index (χ1n) is 6.76. The SMILES string of the molecule is CC(C)COCCCNC(=O)c1cccnc1SC(F)F. The Morgan fingerprint density at radius 2 is 2.24 bits per heavy atom. The molecule has 1 aromatic heterocycles. The highest BCUT2D eigenvalue weighted by Crippen LogP contribution is 2.26. The van der Waals surface area contributed by atoms with E-state index in [0.717, 1.165) is 0 Å². The molecule has 0 aliphatic rings. The third kappa shape index (κ3) is 7.38. The predicted molar refractivity (Wildman–Crippen MR) is 78.7 cm³/mol. The van der Waals surface area contributed by atoms with E-state index in [2.05, 4.69) is 24.1 Å². The topological polar surface area (TPSA) is 51.2 Å². The summed E-state index contributed by atoms with van der Waals surface area (Å²) < 4.78 is 30.2. The van der Waals surface area contributed by atoms with Crippen molar-refractivity contribution in [2.45, 2.75) is 31.1 Å². The summed E-state index contributed by atoms with van der Waals surface area (Å²) in [5, 5.41) is 2.73. The van der Waals surface area contributed by atoms with E-state index in [1.165, 1.54) is 12.3 Å². The molecule has 0 unspecified atom stereocenters. The van der Waals surface area contributed by atoms with E-state index in [4.69, 9.17) is 4.74 Å². The van der Waals surface area contributed by atoms with Gasteiger partial charge in [-0.15, -0.1) is 0 Å². The van der Waals surface area contributed by atoms with Crippen molar-refractivity contribution in [3.63, 3.8) is 0 Å². The largest absolute Gasteiger partial charge is 0.381 e. The van der Waals surface area contributed by atoms with Gasteiger partial charge in [-0.3, -0.25) is 4.79 Å². The van der Waals surface area contributed by atoms with Gasteiger partial charge in [0.05, 0.1) is 5.56 Å². The third-order valence-corrected chi connectivity index (χ3v) is 3.15. The molecule has 118 valence electrons. The van der Waals surface area contributed by atoms with Gasteiger partial charge < -0.3 is 10.1 Å². The van der Waals surface area contributed by atoms with Gasteiger partial charge >= 0.3 is 0 Å². The molecule has 1 aromatic rings. The summed E-state index contributed by atoms with van der Waals surface area (Å²) in [5.74, 6) is -2.52. The Morgan fingerprint density at radius 1 is 1.48 bits per heavy atom. The normalized spacial score (nSPS) is 11.1. The van der Waals surface area contributed by atoms with Crippen LogP contribution in [-0.4, -0.2) is 36.4 Å². The lowest BCUT2D eigenvalue weighted by Gasteiger charge is -2.09. The fourth-order valence-corrected chi connectivity index (χ4v) is 2.11. The predicted octanol–water partition coefficient (Wildman–Crippen LogP) is 3.19. The zero-order chi connectivity index (χ0) is 15.7. The number of alkyl halides is 2. The maximum absolute atomic E-state index is 12.4. The molecule has 0 spiro atoms. The maximum Gasteiger partial charge on any atom is 0.290 e. The molecule has 0 aromatic carbocycles. The zero-order valence-electron chi connectivity index (χ0n) is 12.1. The highest BCUT2D eigenvalue weighted by molar-refractivity contribution is 7.99. The quantitative estimate of drug-likeness (QED) is 0.561. The van der Waals surface area contributed by atoms with Crippen molar-refractivity contribution in [3.8, 4) is 0 Å². The standard InChI is InChI=1S/C14H20F2N2O2S/c1-10(2)9-20-8-4-7-17-12(19)11-5-3-6-18-13(11)21-14(15)16/h3,5-6,10,14H,4,7-9H2,1-2H3,(H,17,19). The first-order chi connectivity index (χ1) is 10.0. The number of thioether (sulfide) groups is 1. The summed E-state index contributed by atoms with van der Waals surface area (Å²) in [7, 11) is 0. The van der Waals surface area contributed by atoms with Crippen molar-refractivity contribution in [3.05, 3.63) is 23.9 Å². The molecule has 0 saturated heterocycles. The molecule has 0 fully saturated rings. The van der Waals surface area contributed by atoms with E-state index in [1.54, 1.807) is 6.07 Å². The van der Waals surface area contributed by atoms with Crippen LogP contribution in [0, 0.1) is 5.92 Å². The van der Waals surface area contributed by atoms with Gasteiger partial charge in [0.1, 0.15) is 5.03 Å². The third-order valence-electron chi connectivity index (χ3n) is 2.42. The van der Waals surface area contributed by atoms with E-state index in [9.17, 15) is 13.6 Å². The Labute approximate surface area is 127 Å². The van der Waals surface area contributed by atoms with E-state index in [-0.39, 0.29) is 22.4 Å². The van der Waals surface area contributed by atoms with Crippen molar-refractivity contribution >= 4 is 17.7 Å². The number of carbonyl (C=O) groups is 1. The van der Waals surface area contributed by atoms with E-state index in [0.29, 0.717) is 32.1 Å². The Kier molecular flexibility index (Phi) is 8.22. The lowest BCUT2D eigenvalue weighted by molar-refractivity contribution is 0.0921. The number of hydrogen-bond acceptors (Lipinski definition) is 4. The molecule has 0 atom stereocenters. The van der Waals surface area contributed by atoms with Crippen molar-refractivity contribution in [1.29, 1.82) is 0 Å². The minimum atomic E-state index is -2.60. The molecule has 21 heavy (non-hydrogen) atoms. The average molecular weight is 318 g/mol. The molecule has 1 heterocycles. The van der Waals surface area contributed by atoms with E-state index >= 15 is 0 Å². The van der Waals surface area contributed by atoms with Crippen LogP contribution >= 0.6 is 11.8 Å². The number of hydrogen-bond donors (Lipinski definition) is 1. The number of nitrogens with one attached hydrogen (secondary N) is 1. The Morgan fingerprint density at radius 3 is 2.90 bits per heavy atom. The van der Waals surface area contributed by atoms with Crippen LogP contribution in [0.1, 0.15) is 30.6 Å². The molecule has 0 aliphatic carbocycles. The Bertz CT molecular complexity index is 445. The van der Waals surface area contributed by atoms with E-state index < -0.39 is 11.7 Å². The van der Waals surface area contributed by atoms with Crippen molar-refractivity contribution in [2.75, 3.05) is 19.8 Å². The van der Waals surface area contributed by atoms with Gasteiger partial charge in [0.2, 0.25) is 0 Å². The number of aromatic nitrogens is 1. The van der Waals surface area contributed by atoms with Crippen LogP contribution in [0.4, 0.5) is 8.78 Å². The fraction of sp³-hybridized carbons (Fsp3) is 0.571. The summed E-state index contributed by atoms with van der Waals surface area (Å²) in [5.41, 5.74) is 0.172. The average Bonchev–Trinajstić information content (AvgIpc) is 2.42. The van der Waals surface area contributed by atoms with Gasteiger partial charge in [-0.25, -0.2) is 4.98 Å². The van der Waals surface area contributed by atoms with Crippen molar-refractivity contribution < 1.29 is 18.3 Å². The molecular weight excluding hydrogens is 298 g/mol. The molecular formula is C14H20F2N2O2S. The number of nitrogens with zero attached hydrogens (tertiary/aromatic N) is 1. The lowest BCUT2D eigenvalue weighted by atomic mass is 10.2. The van der Waals surface area contributed by atoms with Crippen molar-refractivity contribution in [2.24, 2.45) is 5.92 Å². The van der Waals surface area contributed by atoms with Crippen LogP contribution in [0.25, 0.3) is 0 Å². The second kappa shape index (κ2) is 9.68. The monoisotopic (exact) mass is 318 g/mol. The Hall–Kier alpha value is -1.21. The number of carbonyl (C=O) groups excluding carboxylic acids is 1. The molecule has 4 nitrogen and oxygen atoms in total. The van der Waals surface area contributed by atoms with Gasteiger partial charge in [0.25, 0.3) is 11.7 Å². The van der Waals surface area contributed by atoms with Gasteiger partial charge in [0, 0.05) is 26.0 Å². The number of pyridine rings is 1. The molecule has 0 bridgehead atoms. The number of ether oxygens (including phenoxy) is 1. The minimum Gasteiger partial charge on any atom is -0.381 e. The van der Waals surface area contributed by atoms with Crippen LogP contribution in [0.3, 0.4) is 0 Å². The molecule has 1 rings (SSSR count). The molecule has 1 amide bonds. The minimum absolute atomic E-state index is 0.0426. The summed E-state index contributed by atoms with van der Waals surface area (Å²) in [6.07, 6.45) is 2.07. The summed E-state index contributed by atoms with van der Waals surface area (Å²) in [4.78, 5) is 15.8. The summed E-state index contributed by atoms with van der Waals surface area (Å²) >= 11 is 0.274. The molecule has 0 saturated carbocycles. The number of rotatable bonds is 9. The van der Waals surface area contributed by atoms with Gasteiger partial charge in [-0.05, 0) is 36.2 Å². The first-order valence-corrected chi connectivity index (χ1v) is 7.64. The first kappa shape index (κ1) is 17.8. The molecule has 0 radical (unpaired) electrons. The van der Waals surface area contributed by atoms with Gasteiger partial charge in [0.15, 0.2) is 0 Å².